The zero-order valence-corrected chi connectivity index (χ0v) is 22.5. The Labute approximate surface area is 221 Å². The number of hydrogen-bond acceptors (Lipinski definition) is 3. The van der Waals surface area contributed by atoms with E-state index in [1.54, 1.807) is 29.2 Å². The molecule has 0 heterocycles. The van der Waals surface area contributed by atoms with E-state index in [0.717, 1.165) is 36.8 Å². The molecule has 0 aliphatic heterocycles. The maximum absolute atomic E-state index is 13.4. The quantitative estimate of drug-likeness (QED) is 0.348. The number of halogens is 3. The van der Waals surface area contributed by atoms with Crippen LogP contribution in [0.15, 0.2) is 42.5 Å². The van der Waals surface area contributed by atoms with Gasteiger partial charge >= 0.3 is 0 Å². The lowest BCUT2D eigenvalue weighted by Gasteiger charge is -2.32. The predicted octanol–water partition coefficient (Wildman–Crippen LogP) is 7.14. The molecule has 0 bridgehead atoms. The maximum atomic E-state index is 13.4. The largest absolute Gasteiger partial charge is 0.352 e. The molecule has 0 aromatic heterocycles. The van der Waals surface area contributed by atoms with Crippen LogP contribution in [0.2, 0.25) is 15.1 Å². The number of thioether (sulfide) groups is 1. The van der Waals surface area contributed by atoms with E-state index < -0.39 is 6.04 Å². The van der Waals surface area contributed by atoms with Crippen molar-refractivity contribution >= 4 is 58.4 Å². The summed E-state index contributed by atoms with van der Waals surface area (Å²) in [4.78, 5) is 28.3. The lowest BCUT2D eigenvalue weighted by Crippen LogP contribution is -2.52. The zero-order valence-electron chi connectivity index (χ0n) is 19.4. The molecule has 0 unspecified atom stereocenters. The molecule has 2 amide bonds. The van der Waals surface area contributed by atoms with Gasteiger partial charge < -0.3 is 10.2 Å². The van der Waals surface area contributed by atoms with E-state index in [1.807, 2.05) is 25.1 Å². The van der Waals surface area contributed by atoms with Crippen LogP contribution in [0.1, 0.15) is 56.6 Å². The number of nitrogens with zero attached hydrogens (tertiary/aromatic N) is 1. The Morgan fingerprint density at radius 3 is 2.35 bits per heavy atom. The topological polar surface area (TPSA) is 49.4 Å². The molecular weight excluding hydrogens is 511 g/mol. The Bertz CT molecular complexity index is 965. The van der Waals surface area contributed by atoms with Gasteiger partial charge in [0.05, 0.1) is 5.75 Å². The second kappa shape index (κ2) is 13.6. The van der Waals surface area contributed by atoms with Gasteiger partial charge in [-0.1, -0.05) is 79.2 Å². The van der Waals surface area contributed by atoms with Gasteiger partial charge in [-0.15, -0.1) is 11.8 Å². The molecule has 1 fully saturated rings. The van der Waals surface area contributed by atoms with Crippen molar-refractivity contribution in [3.8, 4) is 0 Å². The number of rotatable bonds is 10. The molecule has 4 nitrogen and oxygen atoms in total. The molecule has 2 aromatic rings. The molecule has 0 spiro atoms. The molecule has 184 valence electrons. The molecule has 0 radical (unpaired) electrons. The minimum atomic E-state index is -0.523. The van der Waals surface area contributed by atoms with Crippen molar-refractivity contribution in [3.63, 3.8) is 0 Å². The molecule has 1 N–H and O–H groups in total. The van der Waals surface area contributed by atoms with Gasteiger partial charge in [-0.3, -0.25) is 9.59 Å². The van der Waals surface area contributed by atoms with E-state index in [2.05, 4.69) is 5.32 Å². The third-order valence-corrected chi connectivity index (χ3v) is 7.91. The molecule has 1 atom stereocenters. The van der Waals surface area contributed by atoms with E-state index in [1.165, 1.54) is 18.2 Å². The van der Waals surface area contributed by atoms with Gasteiger partial charge in [-0.25, -0.2) is 0 Å². The van der Waals surface area contributed by atoms with Crippen LogP contribution in [0.4, 0.5) is 0 Å². The zero-order chi connectivity index (χ0) is 24.5. The van der Waals surface area contributed by atoms with E-state index in [4.69, 9.17) is 34.8 Å². The van der Waals surface area contributed by atoms with E-state index >= 15 is 0 Å². The summed E-state index contributed by atoms with van der Waals surface area (Å²) in [6.07, 6.45) is 6.05. The Kier molecular flexibility index (Phi) is 10.9. The lowest BCUT2D eigenvalue weighted by molar-refractivity contribution is -0.139. The fourth-order valence-electron chi connectivity index (χ4n) is 4.22. The highest BCUT2D eigenvalue weighted by atomic mass is 35.5. The summed E-state index contributed by atoms with van der Waals surface area (Å²) in [6, 6.07) is 12.5. The number of hydrogen-bond donors (Lipinski definition) is 1. The Hall–Kier alpha value is -1.40. The highest BCUT2D eigenvalue weighted by Crippen LogP contribution is 2.26. The molecule has 1 aliphatic rings. The van der Waals surface area contributed by atoms with Crippen molar-refractivity contribution in [2.45, 2.75) is 69.8 Å². The van der Waals surface area contributed by atoms with Crippen molar-refractivity contribution < 1.29 is 9.59 Å². The number of carbonyl (C=O) groups excluding carboxylic acids is 2. The first-order chi connectivity index (χ1) is 16.4. The van der Waals surface area contributed by atoms with Crippen molar-refractivity contribution in [1.29, 1.82) is 0 Å². The van der Waals surface area contributed by atoms with Gasteiger partial charge in [-0.05, 0) is 54.7 Å². The summed E-state index contributed by atoms with van der Waals surface area (Å²) in [5.74, 6) is 0.694. The second-order valence-corrected chi connectivity index (χ2v) is 10.9. The van der Waals surface area contributed by atoms with Crippen molar-refractivity contribution in [3.05, 3.63) is 68.7 Å². The second-order valence-electron chi connectivity index (χ2n) is 8.64. The molecular formula is C26H31Cl3N2O2S. The van der Waals surface area contributed by atoms with Crippen LogP contribution in [-0.2, 0) is 21.9 Å². The Morgan fingerprint density at radius 1 is 1.03 bits per heavy atom. The SMILES string of the molecule is CC[C@H](C(=O)NC1CCCCC1)N(Cc1ccc(Cl)cc1)C(=O)CSCc1ccc(Cl)cc1Cl. The van der Waals surface area contributed by atoms with Crippen molar-refractivity contribution in [1.82, 2.24) is 10.2 Å². The first-order valence-corrected chi connectivity index (χ1v) is 14.0. The third kappa shape index (κ3) is 8.08. The van der Waals surface area contributed by atoms with Crippen LogP contribution in [-0.4, -0.2) is 34.6 Å². The monoisotopic (exact) mass is 540 g/mol. The van der Waals surface area contributed by atoms with Gasteiger partial charge in [0, 0.05) is 33.4 Å². The summed E-state index contributed by atoms with van der Waals surface area (Å²) in [5.41, 5.74) is 1.86. The number of carbonyl (C=O) groups is 2. The van der Waals surface area contributed by atoms with Crippen LogP contribution in [0.5, 0.6) is 0 Å². The van der Waals surface area contributed by atoms with Crippen LogP contribution in [0, 0.1) is 0 Å². The summed E-state index contributed by atoms with van der Waals surface area (Å²) < 4.78 is 0. The molecule has 3 rings (SSSR count). The highest BCUT2D eigenvalue weighted by Gasteiger charge is 2.30. The highest BCUT2D eigenvalue weighted by molar-refractivity contribution is 7.99. The maximum Gasteiger partial charge on any atom is 0.243 e. The minimum Gasteiger partial charge on any atom is -0.352 e. The van der Waals surface area contributed by atoms with Gasteiger partial charge in [-0.2, -0.15) is 0 Å². The number of benzene rings is 2. The molecule has 0 saturated heterocycles. The van der Waals surface area contributed by atoms with Gasteiger partial charge in [0.2, 0.25) is 11.8 Å². The first kappa shape index (κ1) is 27.2. The molecule has 34 heavy (non-hydrogen) atoms. The fourth-order valence-corrected chi connectivity index (χ4v) is 5.81. The predicted molar refractivity (Wildman–Crippen MR) is 144 cm³/mol. The van der Waals surface area contributed by atoms with E-state index in [9.17, 15) is 9.59 Å². The Morgan fingerprint density at radius 2 is 1.71 bits per heavy atom. The van der Waals surface area contributed by atoms with Gasteiger partial charge in [0.1, 0.15) is 6.04 Å². The van der Waals surface area contributed by atoms with Crippen LogP contribution in [0.25, 0.3) is 0 Å². The average molecular weight is 542 g/mol. The van der Waals surface area contributed by atoms with Crippen molar-refractivity contribution in [2.75, 3.05) is 5.75 Å². The fraction of sp³-hybridized carbons (Fsp3) is 0.462. The lowest BCUT2D eigenvalue weighted by atomic mass is 9.95. The number of nitrogens with one attached hydrogen (secondary N) is 1. The molecule has 8 heteroatoms. The van der Waals surface area contributed by atoms with Gasteiger partial charge in [0.15, 0.2) is 0 Å². The van der Waals surface area contributed by atoms with E-state index in [-0.39, 0.29) is 23.6 Å². The van der Waals surface area contributed by atoms with E-state index in [0.29, 0.717) is 33.8 Å². The van der Waals surface area contributed by atoms with Crippen molar-refractivity contribution in [2.24, 2.45) is 0 Å². The summed E-state index contributed by atoms with van der Waals surface area (Å²) in [7, 11) is 0. The summed E-state index contributed by atoms with van der Waals surface area (Å²) in [6.45, 7) is 2.31. The van der Waals surface area contributed by atoms with Crippen LogP contribution in [0.3, 0.4) is 0 Å². The first-order valence-electron chi connectivity index (χ1n) is 11.7. The normalized spacial score (nSPS) is 15.1. The summed E-state index contributed by atoms with van der Waals surface area (Å²) >= 11 is 19.8. The van der Waals surface area contributed by atoms with Crippen LogP contribution >= 0.6 is 46.6 Å². The van der Waals surface area contributed by atoms with Gasteiger partial charge in [0.25, 0.3) is 0 Å². The minimum absolute atomic E-state index is 0.0672. The third-order valence-electron chi connectivity index (χ3n) is 6.10. The summed E-state index contributed by atoms with van der Waals surface area (Å²) in [5, 5.41) is 5.01. The Balaban J connectivity index is 1.70. The smallest absolute Gasteiger partial charge is 0.243 e. The number of amides is 2. The average Bonchev–Trinajstić information content (AvgIpc) is 2.82. The standard InChI is InChI=1S/C26H31Cl3N2O2S/c1-2-24(26(33)30-22-6-4-3-5-7-22)31(15-18-8-11-20(27)12-9-18)25(32)17-34-16-19-10-13-21(28)14-23(19)29/h8-14,22,24H,2-7,15-17H2,1H3,(H,30,33)/t24-/m1/s1. The molecule has 2 aromatic carbocycles. The molecule has 1 saturated carbocycles. The van der Waals surface area contributed by atoms with Crippen LogP contribution < -0.4 is 5.32 Å². The molecule has 1 aliphatic carbocycles.